The van der Waals surface area contributed by atoms with Crippen LogP contribution in [0.2, 0.25) is 0 Å². The summed E-state index contributed by atoms with van der Waals surface area (Å²) in [6.07, 6.45) is 5.25. The van der Waals surface area contributed by atoms with Gasteiger partial charge in [-0.1, -0.05) is 54.2 Å². The van der Waals surface area contributed by atoms with Crippen molar-refractivity contribution < 1.29 is 0 Å². The van der Waals surface area contributed by atoms with E-state index in [1.165, 1.54) is 31.2 Å². The van der Waals surface area contributed by atoms with E-state index in [0.29, 0.717) is 12.1 Å². The summed E-state index contributed by atoms with van der Waals surface area (Å²) in [6, 6.07) is 9.60. The summed E-state index contributed by atoms with van der Waals surface area (Å²) in [5.74, 6) is 0. The van der Waals surface area contributed by atoms with E-state index in [2.05, 4.69) is 66.3 Å². The monoisotopic (exact) mass is 297 g/mol. The van der Waals surface area contributed by atoms with Crippen molar-refractivity contribution in [2.75, 3.05) is 0 Å². The molecule has 2 atom stereocenters. The Morgan fingerprint density at radius 1 is 1.12 bits per heavy atom. The molecule has 0 saturated carbocycles. The van der Waals surface area contributed by atoms with Crippen molar-refractivity contribution in [1.29, 1.82) is 0 Å². The molecule has 0 amide bonds. The molecule has 0 fully saturated rings. The number of hydrogen-bond donors (Lipinski definition) is 1. The van der Waals surface area contributed by atoms with Crippen LogP contribution in [-0.4, -0.2) is 6.04 Å². The lowest BCUT2D eigenvalue weighted by Gasteiger charge is -2.20. The number of unbranched alkanes of at least 4 members (excludes halogenated alkanes) is 2. The number of benzene rings is 1. The first-order chi connectivity index (χ1) is 8.13. The molecule has 0 aliphatic rings. The van der Waals surface area contributed by atoms with Gasteiger partial charge in [-0.15, -0.1) is 0 Å². The smallest absolute Gasteiger partial charge is 0.0294 e. The molecule has 0 saturated heterocycles. The zero-order valence-corrected chi connectivity index (χ0v) is 12.8. The van der Waals surface area contributed by atoms with E-state index < -0.39 is 0 Å². The number of rotatable bonds is 7. The van der Waals surface area contributed by atoms with Gasteiger partial charge in [-0.3, -0.25) is 0 Å². The fraction of sp³-hybridized carbons (Fsp3) is 0.600. The Hall–Kier alpha value is -0.340. The largest absolute Gasteiger partial charge is 0.308 e. The second-order valence-electron chi connectivity index (χ2n) is 4.84. The first kappa shape index (κ1) is 14.7. The van der Waals surface area contributed by atoms with Crippen LogP contribution >= 0.6 is 15.9 Å². The molecule has 0 aliphatic carbocycles. The van der Waals surface area contributed by atoms with Gasteiger partial charge in [-0.05, 0) is 38.0 Å². The van der Waals surface area contributed by atoms with Crippen LogP contribution in [0.1, 0.15) is 58.1 Å². The van der Waals surface area contributed by atoms with E-state index in [-0.39, 0.29) is 0 Å². The molecule has 17 heavy (non-hydrogen) atoms. The van der Waals surface area contributed by atoms with Gasteiger partial charge in [-0.25, -0.2) is 0 Å². The SMILES string of the molecule is CCCCCC(C)N[C@H](C)c1ccc(Br)cc1. The van der Waals surface area contributed by atoms with Gasteiger partial charge in [0.05, 0.1) is 0 Å². The maximum absolute atomic E-state index is 3.66. The van der Waals surface area contributed by atoms with Gasteiger partial charge < -0.3 is 5.32 Å². The summed E-state index contributed by atoms with van der Waals surface area (Å²) in [5, 5.41) is 3.66. The van der Waals surface area contributed by atoms with Gasteiger partial charge in [0.25, 0.3) is 0 Å². The van der Waals surface area contributed by atoms with Crippen LogP contribution in [0.4, 0.5) is 0 Å². The highest BCUT2D eigenvalue weighted by atomic mass is 79.9. The molecule has 1 unspecified atom stereocenters. The lowest BCUT2D eigenvalue weighted by molar-refractivity contribution is 0.440. The van der Waals surface area contributed by atoms with Crippen LogP contribution in [0.5, 0.6) is 0 Å². The third kappa shape index (κ3) is 5.69. The fourth-order valence-electron chi connectivity index (χ4n) is 2.06. The van der Waals surface area contributed by atoms with E-state index in [0.717, 1.165) is 4.47 Å². The van der Waals surface area contributed by atoms with Crippen molar-refractivity contribution in [2.45, 2.75) is 58.5 Å². The Morgan fingerprint density at radius 2 is 1.76 bits per heavy atom. The molecule has 0 radical (unpaired) electrons. The van der Waals surface area contributed by atoms with E-state index in [1.54, 1.807) is 0 Å². The van der Waals surface area contributed by atoms with Crippen LogP contribution in [0.15, 0.2) is 28.7 Å². The van der Waals surface area contributed by atoms with Gasteiger partial charge in [0, 0.05) is 16.6 Å². The van der Waals surface area contributed by atoms with E-state index in [4.69, 9.17) is 0 Å². The Labute approximate surface area is 114 Å². The lowest BCUT2D eigenvalue weighted by atomic mass is 10.1. The molecule has 2 heteroatoms. The molecule has 1 aromatic carbocycles. The Morgan fingerprint density at radius 3 is 2.35 bits per heavy atom. The highest BCUT2D eigenvalue weighted by molar-refractivity contribution is 9.10. The van der Waals surface area contributed by atoms with Crippen molar-refractivity contribution in [3.8, 4) is 0 Å². The maximum atomic E-state index is 3.66. The second-order valence-corrected chi connectivity index (χ2v) is 5.75. The van der Waals surface area contributed by atoms with Crippen molar-refractivity contribution in [3.63, 3.8) is 0 Å². The van der Waals surface area contributed by atoms with Crippen LogP contribution in [0, 0.1) is 0 Å². The molecule has 0 aliphatic heterocycles. The van der Waals surface area contributed by atoms with Gasteiger partial charge in [0.1, 0.15) is 0 Å². The molecule has 0 aromatic heterocycles. The third-order valence-electron chi connectivity index (χ3n) is 3.15. The molecule has 1 aromatic rings. The molecular formula is C15H24BrN. The predicted octanol–water partition coefficient (Wildman–Crippen LogP) is 5.07. The zero-order chi connectivity index (χ0) is 12.7. The average molecular weight is 298 g/mol. The standard InChI is InChI=1S/C15H24BrN/c1-4-5-6-7-12(2)17-13(3)14-8-10-15(16)11-9-14/h8-13,17H,4-7H2,1-3H3/t12?,13-/m1/s1. The van der Waals surface area contributed by atoms with E-state index in [1.807, 2.05) is 0 Å². The molecule has 0 heterocycles. The molecule has 1 N–H and O–H groups in total. The number of nitrogens with one attached hydrogen (secondary N) is 1. The molecule has 1 rings (SSSR count). The Balaban J connectivity index is 2.37. The third-order valence-corrected chi connectivity index (χ3v) is 3.67. The molecular weight excluding hydrogens is 274 g/mol. The highest BCUT2D eigenvalue weighted by Crippen LogP contribution is 2.17. The predicted molar refractivity (Wildman–Crippen MR) is 79.3 cm³/mol. The average Bonchev–Trinajstić information content (AvgIpc) is 2.30. The van der Waals surface area contributed by atoms with Crippen LogP contribution < -0.4 is 5.32 Å². The highest BCUT2D eigenvalue weighted by Gasteiger charge is 2.08. The summed E-state index contributed by atoms with van der Waals surface area (Å²) >= 11 is 3.47. The molecule has 1 nitrogen and oxygen atoms in total. The maximum Gasteiger partial charge on any atom is 0.0294 e. The van der Waals surface area contributed by atoms with Gasteiger partial charge in [0.15, 0.2) is 0 Å². The fourth-order valence-corrected chi connectivity index (χ4v) is 2.32. The van der Waals surface area contributed by atoms with Crippen LogP contribution in [0.25, 0.3) is 0 Å². The number of hydrogen-bond acceptors (Lipinski definition) is 1. The van der Waals surface area contributed by atoms with Crippen LogP contribution in [-0.2, 0) is 0 Å². The summed E-state index contributed by atoms with van der Waals surface area (Å²) < 4.78 is 1.14. The topological polar surface area (TPSA) is 12.0 Å². The van der Waals surface area contributed by atoms with E-state index in [9.17, 15) is 0 Å². The van der Waals surface area contributed by atoms with Crippen molar-refractivity contribution in [2.24, 2.45) is 0 Å². The number of halogens is 1. The normalized spacial score (nSPS) is 14.6. The van der Waals surface area contributed by atoms with Gasteiger partial charge in [-0.2, -0.15) is 0 Å². The summed E-state index contributed by atoms with van der Waals surface area (Å²) in [5.41, 5.74) is 1.36. The minimum Gasteiger partial charge on any atom is -0.308 e. The van der Waals surface area contributed by atoms with Crippen LogP contribution in [0.3, 0.4) is 0 Å². The second kappa shape index (κ2) is 7.88. The minimum atomic E-state index is 0.430. The lowest BCUT2D eigenvalue weighted by Crippen LogP contribution is -2.28. The van der Waals surface area contributed by atoms with Crippen molar-refractivity contribution >= 4 is 15.9 Å². The summed E-state index contributed by atoms with van der Waals surface area (Å²) in [6.45, 7) is 6.77. The summed E-state index contributed by atoms with van der Waals surface area (Å²) in [4.78, 5) is 0. The van der Waals surface area contributed by atoms with Gasteiger partial charge in [0.2, 0.25) is 0 Å². The first-order valence-corrected chi connectivity index (χ1v) is 7.44. The minimum absolute atomic E-state index is 0.430. The van der Waals surface area contributed by atoms with Crippen molar-refractivity contribution in [1.82, 2.24) is 5.32 Å². The zero-order valence-electron chi connectivity index (χ0n) is 11.2. The molecule has 96 valence electrons. The Bertz CT molecular complexity index is 307. The molecule has 0 bridgehead atoms. The quantitative estimate of drug-likeness (QED) is 0.693. The van der Waals surface area contributed by atoms with Crippen molar-refractivity contribution in [3.05, 3.63) is 34.3 Å². The summed E-state index contributed by atoms with van der Waals surface area (Å²) in [7, 11) is 0. The molecule has 0 spiro atoms. The first-order valence-electron chi connectivity index (χ1n) is 6.65. The van der Waals surface area contributed by atoms with E-state index >= 15 is 0 Å². The Kier molecular flexibility index (Phi) is 6.83. The van der Waals surface area contributed by atoms with Gasteiger partial charge >= 0.3 is 0 Å².